The normalized spacial score (nSPS) is 10.2. The smallest absolute Gasteiger partial charge is 0.307 e. The molecule has 0 aliphatic carbocycles. The van der Waals surface area contributed by atoms with Gasteiger partial charge in [0.05, 0.1) is 6.42 Å². The third-order valence-corrected chi connectivity index (χ3v) is 2.71. The Morgan fingerprint density at radius 3 is 2.53 bits per heavy atom. The van der Waals surface area contributed by atoms with E-state index in [-0.39, 0.29) is 12.3 Å². The molecule has 0 aromatic heterocycles. The van der Waals surface area contributed by atoms with Crippen LogP contribution >= 0.6 is 0 Å². The second kappa shape index (κ2) is 8.26. The molecule has 1 rings (SSSR count). The van der Waals surface area contributed by atoms with Crippen molar-refractivity contribution in [2.24, 2.45) is 0 Å². The largest absolute Gasteiger partial charge is 0.481 e. The Labute approximate surface area is 113 Å². The summed E-state index contributed by atoms with van der Waals surface area (Å²) in [6, 6.07) is 7.25. The molecule has 0 aliphatic heterocycles. The molecule has 0 fully saturated rings. The minimum absolute atomic E-state index is 0.0244. The van der Waals surface area contributed by atoms with Crippen molar-refractivity contribution >= 4 is 11.9 Å². The van der Waals surface area contributed by atoms with Crippen molar-refractivity contribution in [3.63, 3.8) is 0 Å². The van der Waals surface area contributed by atoms with Crippen molar-refractivity contribution < 1.29 is 14.7 Å². The van der Waals surface area contributed by atoms with Crippen molar-refractivity contribution in [2.75, 3.05) is 13.1 Å². The molecule has 0 saturated heterocycles. The first-order chi connectivity index (χ1) is 9.13. The van der Waals surface area contributed by atoms with Crippen LogP contribution in [0.2, 0.25) is 0 Å². The summed E-state index contributed by atoms with van der Waals surface area (Å²) in [5.41, 5.74) is 1.59. The van der Waals surface area contributed by atoms with Crippen LogP contribution in [0.15, 0.2) is 24.3 Å². The average Bonchev–Trinajstić information content (AvgIpc) is 2.37. The van der Waals surface area contributed by atoms with Crippen molar-refractivity contribution in [1.29, 1.82) is 0 Å². The second-order valence-electron chi connectivity index (χ2n) is 4.22. The summed E-state index contributed by atoms with van der Waals surface area (Å²) in [7, 11) is 0. The fourth-order valence-corrected chi connectivity index (χ4v) is 1.73. The number of carboxylic acid groups (broad SMARTS) is 1. The molecule has 1 amide bonds. The van der Waals surface area contributed by atoms with E-state index in [4.69, 9.17) is 5.11 Å². The first kappa shape index (κ1) is 15.2. The topological polar surface area (TPSA) is 78.4 Å². The lowest BCUT2D eigenvalue weighted by Gasteiger charge is -2.09. The zero-order chi connectivity index (χ0) is 14.1. The quantitative estimate of drug-likeness (QED) is 0.610. The SMILES string of the molecule is CCNCCC(=O)NCc1ccccc1CC(=O)O. The Bertz CT molecular complexity index is 432. The van der Waals surface area contributed by atoms with Gasteiger partial charge < -0.3 is 15.7 Å². The number of carboxylic acids is 1. The highest BCUT2D eigenvalue weighted by molar-refractivity contribution is 5.76. The molecule has 5 heteroatoms. The van der Waals surface area contributed by atoms with E-state index in [9.17, 15) is 9.59 Å². The monoisotopic (exact) mass is 264 g/mol. The number of carbonyl (C=O) groups is 2. The van der Waals surface area contributed by atoms with E-state index in [1.54, 1.807) is 12.1 Å². The molecular weight excluding hydrogens is 244 g/mol. The molecule has 5 nitrogen and oxygen atoms in total. The highest BCUT2D eigenvalue weighted by atomic mass is 16.4. The first-order valence-corrected chi connectivity index (χ1v) is 6.39. The van der Waals surface area contributed by atoms with Crippen LogP contribution in [0.1, 0.15) is 24.5 Å². The van der Waals surface area contributed by atoms with Crippen molar-refractivity contribution in [2.45, 2.75) is 26.3 Å². The predicted octanol–water partition coefficient (Wildman–Crippen LogP) is 0.929. The molecular formula is C14H20N2O3. The van der Waals surface area contributed by atoms with Crippen LogP contribution in [0.5, 0.6) is 0 Å². The molecule has 3 N–H and O–H groups in total. The summed E-state index contributed by atoms with van der Waals surface area (Å²) in [4.78, 5) is 22.3. The van der Waals surface area contributed by atoms with Gasteiger partial charge in [-0.25, -0.2) is 0 Å². The molecule has 19 heavy (non-hydrogen) atoms. The zero-order valence-electron chi connectivity index (χ0n) is 11.1. The summed E-state index contributed by atoms with van der Waals surface area (Å²) >= 11 is 0. The molecule has 0 saturated carbocycles. The Hall–Kier alpha value is -1.88. The highest BCUT2D eigenvalue weighted by Crippen LogP contribution is 2.09. The molecule has 0 heterocycles. The first-order valence-electron chi connectivity index (χ1n) is 6.39. The van der Waals surface area contributed by atoms with Crippen molar-refractivity contribution in [3.8, 4) is 0 Å². The Morgan fingerprint density at radius 1 is 1.21 bits per heavy atom. The van der Waals surface area contributed by atoms with E-state index in [1.165, 1.54) is 0 Å². The molecule has 1 aromatic rings. The molecule has 0 radical (unpaired) electrons. The number of hydrogen-bond acceptors (Lipinski definition) is 3. The summed E-state index contributed by atoms with van der Waals surface area (Å²) in [6.07, 6.45) is 0.401. The molecule has 0 unspecified atom stereocenters. The van der Waals surface area contributed by atoms with Gasteiger partial charge in [0.25, 0.3) is 0 Å². The molecule has 1 aromatic carbocycles. The number of nitrogens with one attached hydrogen (secondary N) is 2. The minimum atomic E-state index is -0.870. The number of aliphatic carboxylic acids is 1. The van der Waals surface area contributed by atoms with Gasteiger partial charge in [-0.2, -0.15) is 0 Å². The summed E-state index contributed by atoms with van der Waals surface area (Å²) in [5.74, 6) is -0.906. The molecule has 0 bridgehead atoms. The Kier molecular flexibility index (Phi) is 6.60. The van der Waals surface area contributed by atoms with Gasteiger partial charge in [-0.15, -0.1) is 0 Å². The standard InChI is InChI=1S/C14H20N2O3/c1-2-15-8-7-13(17)16-10-12-6-4-3-5-11(12)9-14(18)19/h3-6,15H,2,7-10H2,1H3,(H,16,17)(H,18,19). The van der Waals surface area contributed by atoms with Crippen molar-refractivity contribution in [1.82, 2.24) is 10.6 Å². The van der Waals surface area contributed by atoms with E-state index in [1.807, 2.05) is 19.1 Å². The maximum absolute atomic E-state index is 11.6. The maximum atomic E-state index is 11.6. The lowest BCUT2D eigenvalue weighted by atomic mass is 10.0. The van der Waals surface area contributed by atoms with Crippen LogP contribution in [-0.4, -0.2) is 30.1 Å². The lowest BCUT2D eigenvalue weighted by molar-refractivity contribution is -0.136. The van der Waals surface area contributed by atoms with Crippen LogP contribution in [0.4, 0.5) is 0 Å². The average molecular weight is 264 g/mol. The summed E-state index contributed by atoms with van der Waals surface area (Å²) in [5, 5.41) is 14.7. The third-order valence-electron chi connectivity index (χ3n) is 2.71. The van der Waals surface area contributed by atoms with Gasteiger partial charge >= 0.3 is 5.97 Å². The van der Waals surface area contributed by atoms with Gasteiger partial charge in [0, 0.05) is 19.5 Å². The van der Waals surface area contributed by atoms with Gasteiger partial charge in [-0.3, -0.25) is 9.59 Å². The fourth-order valence-electron chi connectivity index (χ4n) is 1.73. The van der Waals surface area contributed by atoms with Gasteiger partial charge in [0.1, 0.15) is 0 Å². The molecule has 104 valence electrons. The van der Waals surface area contributed by atoms with Gasteiger partial charge in [0.2, 0.25) is 5.91 Å². The number of amides is 1. The van der Waals surface area contributed by atoms with Gasteiger partial charge in [-0.1, -0.05) is 31.2 Å². The van der Waals surface area contributed by atoms with Gasteiger partial charge in [-0.05, 0) is 17.7 Å². The van der Waals surface area contributed by atoms with Crippen molar-refractivity contribution in [3.05, 3.63) is 35.4 Å². The van der Waals surface area contributed by atoms with Crippen LogP contribution in [0.25, 0.3) is 0 Å². The van der Waals surface area contributed by atoms with Crippen LogP contribution in [-0.2, 0) is 22.6 Å². The Balaban J connectivity index is 2.48. The fraction of sp³-hybridized carbons (Fsp3) is 0.429. The van der Waals surface area contributed by atoms with E-state index < -0.39 is 5.97 Å². The third kappa shape index (κ3) is 6.01. The van der Waals surface area contributed by atoms with E-state index in [0.29, 0.717) is 19.5 Å². The number of hydrogen-bond donors (Lipinski definition) is 3. The van der Waals surface area contributed by atoms with Gasteiger partial charge in [0.15, 0.2) is 0 Å². The second-order valence-corrected chi connectivity index (χ2v) is 4.22. The molecule has 0 aliphatic rings. The van der Waals surface area contributed by atoms with Crippen LogP contribution in [0.3, 0.4) is 0 Å². The Morgan fingerprint density at radius 2 is 1.89 bits per heavy atom. The maximum Gasteiger partial charge on any atom is 0.307 e. The zero-order valence-corrected chi connectivity index (χ0v) is 11.1. The van der Waals surface area contributed by atoms with E-state index in [0.717, 1.165) is 17.7 Å². The highest BCUT2D eigenvalue weighted by Gasteiger charge is 2.07. The molecule has 0 atom stereocenters. The molecule has 0 spiro atoms. The van der Waals surface area contributed by atoms with Crippen LogP contribution in [0, 0.1) is 0 Å². The predicted molar refractivity (Wildman–Crippen MR) is 72.8 cm³/mol. The van der Waals surface area contributed by atoms with E-state index in [2.05, 4.69) is 10.6 Å². The number of carbonyl (C=O) groups excluding carboxylic acids is 1. The summed E-state index contributed by atoms with van der Waals surface area (Å²) < 4.78 is 0. The van der Waals surface area contributed by atoms with Crippen LogP contribution < -0.4 is 10.6 Å². The number of benzene rings is 1. The summed E-state index contributed by atoms with van der Waals surface area (Å²) in [6.45, 7) is 3.85. The van der Waals surface area contributed by atoms with E-state index >= 15 is 0 Å². The number of rotatable bonds is 8. The lowest BCUT2D eigenvalue weighted by Crippen LogP contribution is -2.27. The minimum Gasteiger partial charge on any atom is -0.481 e.